The summed E-state index contributed by atoms with van der Waals surface area (Å²) in [6.45, 7) is 0.841. The van der Waals surface area contributed by atoms with Crippen LogP contribution < -0.4 is 0 Å². The molecule has 0 spiro atoms. The fraction of sp³-hybridized carbons (Fsp3) is 1.00. The number of methoxy groups -OCH3 is 1. The highest BCUT2D eigenvalue weighted by atomic mass is 35.5. The lowest BCUT2D eigenvalue weighted by atomic mass is 9.89. The molecule has 1 unspecified atom stereocenters. The number of hydrogen-bond acceptors (Lipinski definition) is 1. The van der Waals surface area contributed by atoms with Crippen LogP contribution in [0.4, 0.5) is 0 Å². The third-order valence-corrected chi connectivity index (χ3v) is 2.77. The van der Waals surface area contributed by atoms with Gasteiger partial charge in [-0.1, -0.05) is 12.8 Å². The van der Waals surface area contributed by atoms with E-state index in [0.717, 1.165) is 6.61 Å². The standard InChI is InChI=1S/C8H15ClO/c1-10-6-7-4-2-3-5-8(7)9/h7-8H,2-6H2,1H3/t7-,8?/m1/s1. The largest absolute Gasteiger partial charge is 0.384 e. The van der Waals surface area contributed by atoms with Gasteiger partial charge in [-0.15, -0.1) is 11.6 Å². The fourth-order valence-corrected chi connectivity index (χ4v) is 1.92. The quantitative estimate of drug-likeness (QED) is 0.567. The topological polar surface area (TPSA) is 9.23 Å². The summed E-state index contributed by atoms with van der Waals surface area (Å²) in [6, 6.07) is 0. The number of alkyl halides is 1. The minimum atomic E-state index is 0.369. The van der Waals surface area contributed by atoms with Gasteiger partial charge in [-0.05, 0) is 18.8 Å². The molecule has 2 atom stereocenters. The Hall–Kier alpha value is 0.250. The van der Waals surface area contributed by atoms with Gasteiger partial charge >= 0.3 is 0 Å². The van der Waals surface area contributed by atoms with Gasteiger partial charge in [0.2, 0.25) is 0 Å². The average molecular weight is 163 g/mol. The zero-order chi connectivity index (χ0) is 7.40. The van der Waals surface area contributed by atoms with Gasteiger partial charge in [0.25, 0.3) is 0 Å². The molecule has 1 saturated carbocycles. The molecule has 1 fully saturated rings. The maximum atomic E-state index is 6.08. The van der Waals surface area contributed by atoms with Crippen LogP contribution in [0.25, 0.3) is 0 Å². The smallest absolute Gasteiger partial charge is 0.0504 e. The summed E-state index contributed by atoms with van der Waals surface area (Å²) in [5.41, 5.74) is 0. The molecule has 0 heterocycles. The van der Waals surface area contributed by atoms with Crippen molar-refractivity contribution in [2.75, 3.05) is 13.7 Å². The van der Waals surface area contributed by atoms with Gasteiger partial charge in [0.15, 0.2) is 0 Å². The molecule has 1 aliphatic rings. The predicted molar refractivity (Wildman–Crippen MR) is 43.5 cm³/mol. The first-order chi connectivity index (χ1) is 4.84. The van der Waals surface area contributed by atoms with Crippen molar-refractivity contribution in [2.24, 2.45) is 5.92 Å². The molecule has 0 aromatic carbocycles. The highest BCUT2D eigenvalue weighted by molar-refractivity contribution is 6.20. The van der Waals surface area contributed by atoms with E-state index in [4.69, 9.17) is 16.3 Å². The van der Waals surface area contributed by atoms with E-state index in [2.05, 4.69) is 0 Å². The first-order valence-electron chi connectivity index (χ1n) is 3.97. The molecule has 1 aliphatic carbocycles. The monoisotopic (exact) mass is 162 g/mol. The minimum Gasteiger partial charge on any atom is -0.384 e. The van der Waals surface area contributed by atoms with Gasteiger partial charge in [-0.2, -0.15) is 0 Å². The molecule has 0 aromatic heterocycles. The third-order valence-electron chi connectivity index (χ3n) is 2.20. The second-order valence-electron chi connectivity index (χ2n) is 3.02. The number of ether oxygens (including phenoxy) is 1. The van der Waals surface area contributed by atoms with Crippen molar-refractivity contribution in [1.82, 2.24) is 0 Å². The maximum absolute atomic E-state index is 6.08. The van der Waals surface area contributed by atoms with Crippen LogP contribution in [0.15, 0.2) is 0 Å². The molecule has 0 aliphatic heterocycles. The summed E-state index contributed by atoms with van der Waals surface area (Å²) in [4.78, 5) is 0. The Morgan fingerprint density at radius 1 is 1.40 bits per heavy atom. The van der Waals surface area contributed by atoms with Gasteiger partial charge in [0, 0.05) is 12.5 Å². The van der Waals surface area contributed by atoms with Crippen LogP contribution in [0, 0.1) is 5.92 Å². The van der Waals surface area contributed by atoms with Gasteiger partial charge in [-0.25, -0.2) is 0 Å². The molecule has 0 radical (unpaired) electrons. The van der Waals surface area contributed by atoms with Crippen molar-refractivity contribution in [3.8, 4) is 0 Å². The van der Waals surface area contributed by atoms with Crippen molar-refractivity contribution < 1.29 is 4.74 Å². The van der Waals surface area contributed by atoms with Gasteiger partial charge in [-0.3, -0.25) is 0 Å². The van der Waals surface area contributed by atoms with Crippen LogP contribution in [0.1, 0.15) is 25.7 Å². The lowest BCUT2D eigenvalue weighted by molar-refractivity contribution is 0.133. The second kappa shape index (κ2) is 4.20. The van der Waals surface area contributed by atoms with Crippen LogP contribution in [0.2, 0.25) is 0 Å². The van der Waals surface area contributed by atoms with Crippen LogP contribution >= 0.6 is 11.6 Å². The summed E-state index contributed by atoms with van der Waals surface area (Å²) in [5, 5.41) is 0.369. The van der Waals surface area contributed by atoms with Crippen LogP contribution in [0.5, 0.6) is 0 Å². The summed E-state index contributed by atoms with van der Waals surface area (Å²) >= 11 is 6.08. The Kier molecular flexibility index (Phi) is 3.50. The lowest BCUT2D eigenvalue weighted by Gasteiger charge is -2.25. The summed E-state index contributed by atoms with van der Waals surface area (Å²) in [5.74, 6) is 0.611. The zero-order valence-corrected chi connectivity index (χ0v) is 7.23. The Bertz CT molecular complexity index is 93.3. The van der Waals surface area contributed by atoms with E-state index in [9.17, 15) is 0 Å². The molecule has 0 aromatic rings. The Labute approximate surface area is 67.7 Å². The number of halogens is 1. The van der Waals surface area contributed by atoms with E-state index in [1.807, 2.05) is 0 Å². The molecular weight excluding hydrogens is 148 g/mol. The lowest BCUT2D eigenvalue weighted by Crippen LogP contribution is -2.23. The van der Waals surface area contributed by atoms with Gasteiger partial charge in [0.1, 0.15) is 0 Å². The van der Waals surface area contributed by atoms with E-state index < -0.39 is 0 Å². The highest BCUT2D eigenvalue weighted by Crippen LogP contribution is 2.28. The minimum absolute atomic E-state index is 0.369. The number of hydrogen-bond donors (Lipinski definition) is 0. The van der Waals surface area contributed by atoms with Crippen molar-refractivity contribution in [1.29, 1.82) is 0 Å². The van der Waals surface area contributed by atoms with Crippen molar-refractivity contribution in [2.45, 2.75) is 31.1 Å². The molecular formula is C8H15ClO. The van der Waals surface area contributed by atoms with E-state index >= 15 is 0 Å². The van der Waals surface area contributed by atoms with E-state index in [1.54, 1.807) is 7.11 Å². The molecule has 60 valence electrons. The van der Waals surface area contributed by atoms with E-state index in [-0.39, 0.29) is 0 Å². The molecule has 1 nitrogen and oxygen atoms in total. The summed E-state index contributed by atoms with van der Waals surface area (Å²) in [6.07, 6.45) is 5.06. The van der Waals surface area contributed by atoms with Crippen LogP contribution in [-0.2, 0) is 4.74 Å². The van der Waals surface area contributed by atoms with E-state index in [0.29, 0.717) is 11.3 Å². The molecule has 0 bridgehead atoms. The molecule has 0 amide bonds. The Balaban J connectivity index is 2.25. The second-order valence-corrected chi connectivity index (χ2v) is 3.58. The zero-order valence-electron chi connectivity index (χ0n) is 6.48. The van der Waals surface area contributed by atoms with Gasteiger partial charge < -0.3 is 4.74 Å². The Morgan fingerprint density at radius 3 is 2.70 bits per heavy atom. The first kappa shape index (κ1) is 8.35. The van der Waals surface area contributed by atoms with Gasteiger partial charge in [0.05, 0.1) is 6.61 Å². The summed E-state index contributed by atoms with van der Waals surface area (Å²) < 4.78 is 5.07. The van der Waals surface area contributed by atoms with E-state index in [1.165, 1.54) is 25.7 Å². The highest BCUT2D eigenvalue weighted by Gasteiger charge is 2.22. The molecule has 1 rings (SSSR count). The molecule has 0 N–H and O–H groups in total. The fourth-order valence-electron chi connectivity index (χ4n) is 1.56. The van der Waals surface area contributed by atoms with Crippen molar-refractivity contribution in [3.63, 3.8) is 0 Å². The average Bonchev–Trinajstić information content (AvgIpc) is 1.94. The number of rotatable bonds is 2. The SMILES string of the molecule is COC[C@H]1CCCCC1Cl. The van der Waals surface area contributed by atoms with Crippen molar-refractivity contribution in [3.05, 3.63) is 0 Å². The first-order valence-corrected chi connectivity index (χ1v) is 4.41. The summed E-state index contributed by atoms with van der Waals surface area (Å²) in [7, 11) is 1.75. The van der Waals surface area contributed by atoms with Crippen molar-refractivity contribution >= 4 is 11.6 Å². The van der Waals surface area contributed by atoms with Crippen LogP contribution in [0.3, 0.4) is 0 Å². The Morgan fingerprint density at radius 2 is 2.10 bits per heavy atom. The molecule has 10 heavy (non-hydrogen) atoms. The molecule has 2 heteroatoms. The predicted octanol–water partition coefficient (Wildman–Crippen LogP) is 2.43. The van der Waals surface area contributed by atoms with Crippen LogP contribution in [-0.4, -0.2) is 19.1 Å². The maximum Gasteiger partial charge on any atom is 0.0504 e. The third kappa shape index (κ3) is 2.14. The molecule has 0 saturated heterocycles. The normalized spacial score (nSPS) is 34.2.